The number of carbonyl (C=O) groups excluding carboxylic acids is 2. The van der Waals surface area contributed by atoms with Gasteiger partial charge in [0.15, 0.2) is 6.61 Å². The van der Waals surface area contributed by atoms with Gasteiger partial charge in [0.1, 0.15) is 18.0 Å². The van der Waals surface area contributed by atoms with E-state index in [-0.39, 0.29) is 29.6 Å². The van der Waals surface area contributed by atoms with Crippen molar-refractivity contribution in [3.63, 3.8) is 0 Å². The summed E-state index contributed by atoms with van der Waals surface area (Å²) in [6.07, 6.45) is 2.67. The number of anilines is 2. The first-order valence-electron chi connectivity index (χ1n) is 11.0. The number of nitrogens with one attached hydrogen (secondary N) is 1. The van der Waals surface area contributed by atoms with E-state index in [1.165, 1.54) is 21.3 Å². The summed E-state index contributed by atoms with van der Waals surface area (Å²) >= 11 is 0. The molecule has 2 amide bonds. The summed E-state index contributed by atoms with van der Waals surface area (Å²) in [6, 6.07) is 11.4. The Morgan fingerprint density at radius 1 is 1.12 bits per heavy atom. The molecule has 0 aliphatic carbocycles. The van der Waals surface area contributed by atoms with E-state index in [9.17, 15) is 18.0 Å². The third-order valence-electron chi connectivity index (χ3n) is 5.59. The summed E-state index contributed by atoms with van der Waals surface area (Å²) in [6.45, 7) is 2.71. The number of rotatable bonds is 7. The van der Waals surface area contributed by atoms with Crippen molar-refractivity contribution in [1.82, 2.24) is 4.31 Å². The molecule has 1 fully saturated rings. The van der Waals surface area contributed by atoms with Crippen LogP contribution in [0.5, 0.6) is 11.5 Å². The molecule has 0 unspecified atom stereocenters. The van der Waals surface area contributed by atoms with Gasteiger partial charge in [0, 0.05) is 13.1 Å². The van der Waals surface area contributed by atoms with Gasteiger partial charge in [-0.3, -0.25) is 14.5 Å². The van der Waals surface area contributed by atoms with Crippen molar-refractivity contribution < 1.29 is 27.5 Å². The summed E-state index contributed by atoms with van der Waals surface area (Å²) in [5, 5.41) is 2.73. The number of para-hydroxylation sites is 2. The number of benzene rings is 2. The van der Waals surface area contributed by atoms with Crippen molar-refractivity contribution in [3.8, 4) is 11.5 Å². The highest BCUT2D eigenvalue weighted by molar-refractivity contribution is 7.89. The Morgan fingerprint density at radius 2 is 1.88 bits per heavy atom. The van der Waals surface area contributed by atoms with Crippen molar-refractivity contribution in [2.75, 3.05) is 43.1 Å². The maximum absolute atomic E-state index is 13.1. The second kappa shape index (κ2) is 9.80. The Labute approximate surface area is 193 Å². The van der Waals surface area contributed by atoms with Crippen molar-refractivity contribution >= 4 is 33.2 Å². The number of hydrogen-bond acceptors (Lipinski definition) is 6. The molecule has 2 aliphatic heterocycles. The Kier molecular flexibility index (Phi) is 6.85. The third kappa shape index (κ3) is 4.96. The fourth-order valence-corrected chi connectivity index (χ4v) is 5.51. The number of fused-ring (bicyclic) bond motifs is 1. The van der Waals surface area contributed by atoms with Gasteiger partial charge >= 0.3 is 0 Å². The zero-order chi connectivity index (χ0) is 23.4. The molecular formula is C23H27N3O6S. The van der Waals surface area contributed by atoms with Gasteiger partial charge in [-0.15, -0.1) is 0 Å². The van der Waals surface area contributed by atoms with Crippen LogP contribution in [0.1, 0.15) is 26.2 Å². The first-order valence-corrected chi connectivity index (χ1v) is 12.4. The molecule has 33 heavy (non-hydrogen) atoms. The van der Waals surface area contributed by atoms with Crippen LogP contribution in [0.2, 0.25) is 0 Å². The SMILES string of the molecule is CCOc1ccc(S(=O)(=O)N2CCCCC2)cc1NC(=O)CN1C(=O)COc2ccccc21. The van der Waals surface area contributed by atoms with Gasteiger partial charge in [-0.2, -0.15) is 4.31 Å². The molecule has 0 saturated carbocycles. The lowest BCUT2D eigenvalue weighted by atomic mass is 10.2. The van der Waals surface area contributed by atoms with Gasteiger partial charge in [-0.1, -0.05) is 18.6 Å². The molecule has 10 heteroatoms. The van der Waals surface area contributed by atoms with Crippen LogP contribution in [0.3, 0.4) is 0 Å². The van der Waals surface area contributed by atoms with Crippen LogP contribution in [0, 0.1) is 0 Å². The van der Waals surface area contributed by atoms with Crippen molar-refractivity contribution in [3.05, 3.63) is 42.5 Å². The van der Waals surface area contributed by atoms with Gasteiger partial charge in [0.25, 0.3) is 5.91 Å². The van der Waals surface area contributed by atoms with Crippen LogP contribution >= 0.6 is 0 Å². The van der Waals surface area contributed by atoms with E-state index >= 15 is 0 Å². The first-order chi connectivity index (χ1) is 15.9. The second-order valence-corrected chi connectivity index (χ2v) is 9.78. The van der Waals surface area contributed by atoms with E-state index in [0.29, 0.717) is 36.9 Å². The summed E-state index contributed by atoms with van der Waals surface area (Å²) in [7, 11) is -3.68. The Balaban J connectivity index is 1.57. The van der Waals surface area contributed by atoms with Crippen LogP contribution in [0.15, 0.2) is 47.4 Å². The smallest absolute Gasteiger partial charge is 0.265 e. The van der Waals surface area contributed by atoms with E-state index < -0.39 is 15.9 Å². The zero-order valence-corrected chi connectivity index (χ0v) is 19.3. The summed E-state index contributed by atoms with van der Waals surface area (Å²) < 4.78 is 38.7. The second-order valence-electron chi connectivity index (χ2n) is 7.84. The van der Waals surface area contributed by atoms with E-state index in [4.69, 9.17) is 9.47 Å². The number of nitrogens with zero attached hydrogens (tertiary/aromatic N) is 2. The van der Waals surface area contributed by atoms with Gasteiger partial charge < -0.3 is 14.8 Å². The zero-order valence-electron chi connectivity index (χ0n) is 18.5. The Morgan fingerprint density at radius 3 is 2.64 bits per heavy atom. The summed E-state index contributed by atoms with van der Waals surface area (Å²) in [4.78, 5) is 26.7. The lowest BCUT2D eigenvalue weighted by Crippen LogP contribution is -2.43. The topological polar surface area (TPSA) is 105 Å². The van der Waals surface area contributed by atoms with E-state index in [0.717, 1.165) is 19.3 Å². The highest BCUT2D eigenvalue weighted by Gasteiger charge is 2.29. The minimum atomic E-state index is -3.68. The number of piperidine rings is 1. The van der Waals surface area contributed by atoms with Crippen LogP contribution in [-0.2, 0) is 19.6 Å². The molecule has 0 spiro atoms. The standard InChI is InChI=1S/C23H27N3O6S/c1-2-31-20-11-10-17(33(29,30)25-12-6-3-7-13-25)14-18(20)24-22(27)15-26-19-8-4-5-9-21(19)32-16-23(26)28/h4-5,8-11,14H,2-3,6-7,12-13,15-16H2,1H3,(H,24,27). The minimum absolute atomic E-state index is 0.0935. The monoisotopic (exact) mass is 473 g/mol. The molecular weight excluding hydrogens is 446 g/mol. The van der Waals surface area contributed by atoms with Crippen molar-refractivity contribution in [1.29, 1.82) is 0 Å². The molecule has 4 rings (SSSR count). The molecule has 2 aliphatic rings. The molecule has 176 valence electrons. The molecule has 0 bridgehead atoms. The van der Waals surface area contributed by atoms with Crippen molar-refractivity contribution in [2.45, 2.75) is 31.1 Å². The van der Waals surface area contributed by atoms with Crippen LogP contribution in [0.25, 0.3) is 0 Å². The third-order valence-corrected chi connectivity index (χ3v) is 7.48. The van der Waals surface area contributed by atoms with Crippen LogP contribution in [-0.4, -0.2) is 57.4 Å². The van der Waals surface area contributed by atoms with E-state index in [1.807, 2.05) is 0 Å². The average molecular weight is 474 g/mol. The average Bonchev–Trinajstić information content (AvgIpc) is 2.82. The van der Waals surface area contributed by atoms with Crippen molar-refractivity contribution in [2.24, 2.45) is 0 Å². The quantitative estimate of drug-likeness (QED) is 0.663. The lowest BCUT2D eigenvalue weighted by molar-refractivity contribution is -0.123. The normalized spacial score (nSPS) is 16.6. The summed E-state index contributed by atoms with van der Waals surface area (Å²) in [5.74, 6) is 0.0653. The molecule has 0 atom stereocenters. The lowest BCUT2D eigenvalue weighted by Gasteiger charge is -2.29. The maximum Gasteiger partial charge on any atom is 0.265 e. The van der Waals surface area contributed by atoms with Gasteiger partial charge in [0.2, 0.25) is 15.9 Å². The number of sulfonamides is 1. The Hall–Kier alpha value is -3.11. The summed E-state index contributed by atoms with van der Waals surface area (Å²) in [5.41, 5.74) is 0.754. The molecule has 0 aromatic heterocycles. The Bertz CT molecular complexity index is 1140. The number of ether oxygens (including phenoxy) is 2. The maximum atomic E-state index is 13.1. The fraction of sp³-hybridized carbons (Fsp3) is 0.391. The molecule has 2 aromatic carbocycles. The van der Waals surface area contributed by atoms with Gasteiger partial charge in [0.05, 0.1) is 22.9 Å². The highest BCUT2D eigenvalue weighted by atomic mass is 32.2. The van der Waals surface area contributed by atoms with E-state index in [2.05, 4.69) is 5.32 Å². The molecule has 0 radical (unpaired) electrons. The molecule has 1 saturated heterocycles. The molecule has 1 N–H and O–H groups in total. The van der Waals surface area contributed by atoms with Gasteiger partial charge in [-0.25, -0.2) is 8.42 Å². The predicted molar refractivity (Wildman–Crippen MR) is 123 cm³/mol. The predicted octanol–water partition coefficient (Wildman–Crippen LogP) is 2.62. The first kappa shape index (κ1) is 23.1. The van der Waals surface area contributed by atoms with Gasteiger partial charge in [-0.05, 0) is 50.1 Å². The number of carbonyl (C=O) groups is 2. The highest BCUT2D eigenvalue weighted by Crippen LogP contribution is 2.33. The van der Waals surface area contributed by atoms with Crippen LogP contribution < -0.4 is 19.7 Å². The number of hydrogen-bond donors (Lipinski definition) is 1. The minimum Gasteiger partial charge on any atom is -0.492 e. The van der Waals surface area contributed by atoms with Crippen LogP contribution in [0.4, 0.5) is 11.4 Å². The largest absolute Gasteiger partial charge is 0.492 e. The number of amides is 2. The molecule has 2 heterocycles. The molecule has 2 aromatic rings. The van der Waals surface area contributed by atoms with E-state index in [1.54, 1.807) is 37.3 Å². The fourth-order valence-electron chi connectivity index (χ4n) is 3.96. The molecule has 9 nitrogen and oxygen atoms in total.